The number of carbonyl (C=O) groups excluding carboxylic acids is 1. The molecular weight excluding hydrogens is 432 g/mol. The van der Waals surface area contributed by atoms with Crippen LogP contribution in [0.15, 0.2) is 66.0 Å². The first-order chi connectivity index (χ1) is 16.0. The van der Waals surface area contributed by atoms with Crippen molar-refractivity contribution in [2.45, 2.75) is 38.0 Å². The van der Waals surface area contributed by atoms with Crippen LogP contribution in [0.1, 0.15) is 19.4 Å². The Labute approximate surface area is 198 Å². The number of fused-ring (bicyclic) bond motifs is 1. The highest BCUT2D eigenvalue weighted by molar-refractivity contribution is 7.98. The Bertz CT molecular complexity index is 1220. The molecule has 0 spiro atoms. The molecule has 2 N–H and O–H groups in total. The molecule has 0 atom stereocenters. The summed E-state index contributed by atoms with van der Waals surface area (Å²) in [5.41, 5.74) is 4.06. The molecule has 0 aliphatic carbocycles. The monoisotopic (exact) mass is 460 g/mol. The first-order valence-electron chi connectivity index (χ1n) is 11.0. The number of nitrogens with zero attached hydrogens (tertiary/aromatic N) is 4. The molecule has 2 heterocycles. The minimum absolute atomic E-state index is 0.0134. The molecule has 0 aliphatic heterocycles. The lowest BCUT2D eigenvalue weighted by Gasteiger charge is -2.11. The van der Waals surface area contributed by atoms with E-state index in [0.29, 0.717) is 24.7 Å². The number of hydrogen-bond donors (Lipinski definition) is 2. The SMILES string of the molecule is CSc1nc(NC(C)C)c2cnn(CCNC(=O)Cc3ccc(-c4ccccc4)cc3)c2n1. The zero-order chi connectivity index (χ0) is 23.2. The van der Waals surface area contributed by atoms with Crippen molar-refractivity contribution < 1.29 is 4.79 Å². The number of hydrogen-bond acceptors (Lipinski definition) is 6. The summed E-state index contributed by atoms with van der Waals surface area (Å²) < 4.78 is 1.82. The van der Waals surface area contributed by atoms with E-state index >= 15 is 0 Å². The van der Waals surface area contributed by atoms with E-state index in [0.717, 1.165) is 28.0 Å². The van der Waals surface area contributed by atoms with Crippen molar-refractivity contribution in [2.24, 2.45) is 0 Å². The molecule has 4 rings (SSSR count). The van der Waals surface area contributed by atoms with Gasteiger partial charge in [0.2, 0.25) is 5.91 Å². The maximum Gasteiger partial charge on any atom is 0.224 e. The predicted molar refractivity (Wildman–Crippen MR) is 134 cm³/mol. The molecule has 170 valence electrons. The molecular formula is C25H28N6OS. The number of amides is 1. The van der Waals surface area contributed by atoms with Crippen LogP contribution in [-0.2, 0) is 17.8 Å². The summed E-state index contributed by atoms with van der Waals surface area (Å²) in [6.07, 6.45) is 4.07. The standard InChI is InChI=1S/C25H28N6OS/c1-17(2)28-23-21-16-27-31(24(21)30-25(29-23)33-3)14-13-26-22(32)15-18-9-11-20(12-10-18)19-7-5-4-6-8-19/h4-12,16-17H,13-15H2,1-3H3,(H,26,32)(H,28,29,30). The molecule has 0 saturated heterocycles. The average molecular weight is 461 g/mol. The third-order valence-electron chi connectivity index (χ3n) is 5.16. The molecule has 2 aromatic heterocycles. The number of benzene rings is 2. The number of rotatable bonds is 9. The molecule has 4 aromatic rings. The van der Waals surface area contributed by atoms with E-state index in [9.17, 15) is 4.79 Å². The molecule has 0 unspecified atom stereocenters. The number of aromatic nitrogens is 4. The van der Waals surface area contributed by atoms with E-state index < -0.39 is 0 Å². The van der Waals surface area contributed by atoms with Crippen LogP contribution in [-0.4, -0.2) is 44.5 Å². The molecule has 0 fully saturated rings. The van der Waals surface area contributed by atoms with Crippen molar-refractivity contribution in [3.8, 4) is 11.1 Å². The second kappa shape index (κ2) is 10.5. The largest absolute Gasteiger partial charge is 0.367 e. The Morgan fingerprint density at radius 2 is 1.76 bits per heavy atom. The predicted octanol–water partition coefficient (Wildman–Crippen LogP) is 4.39. The van der Waals surface area contributed by atoms with Crippen molar-refractivity contribution in [2.75, 3.05) is 18.1 Å². The zero-order valence-corrected chi connectivity index (χ0v) is 19.9. The molecule has 0 radical (unpaired) electrons. The zero-order valence-electron chi connectivity index (χ0n) is 19.1. The van der Waals surface area contributed by atoms with Gasteiger partial charge in [0.15, 0.2) is 10.8 Å². The van der Waals surface area contributed by atoms with Crippen molar-refractivity contribution in [1.82, 2.24) is 25.1 Å². The Balaban J connectivity index is 1.36. The first-order valence-corrected chi connectivity index (χ1v) is 12.2. The van der Waals surface area contributed by atoms with Gasteiger partial charge in [-0.1, -0.05) is 66.4 Å². The van der Waals surface area contributed by atoms with E-state index in [1.807, 2.05) is 41.3 Å². The summed E-state index contributed by atoms with van der Waals surface area (Å²) in [6, 6.07) is 18.6. The summed E-state index contributed by atoms with van der Waals surface area (Å²) in [4.78, 5) is 21.6. The molecule has 0 saturated carbocycles. The Kier molecular flexibility index (Phi) is 7.24. The lowest BCUT2D eigenvalue weighted by atomic mass is 10.0. The summed E-state index contributed by atoms with van der Waals surface area (Å²) in [5, 5.41) is 12.4. The van der Waals surface area contributed by atoms with Gasteiger partial charge in [-0.05, 0) is 36.8 Å². The van der Waals surface area contributed by atoms with Crippen LogP contribution in [0.4, 0.5) is 5.82 Å². The fraction of sp³-hybridized carbons (Fsp3) is 0.280. The summed E-state index contributed by atoms with van der Waals surface area (Å²) in [7, 11) is 0. The number of nitrogens with one attached hydrogen (secondary N) is 2. The van der Waals surface area contributed by atoms with E-state index in [1.54, 1.807) is 6.20 Å². The minimum atomic E-state index is -0.0134. The summed E-state index contributed by atoms with van der Waals surface area (Å²) >= 11 is 1.49. The molecule has 1 amide bonds. The normalized spacial score (nSPS) is 11.2. The molecule has 8 heteroatoms. The highest BCUT2D eigenvalue weighted by Gasteiger charge is 2.14. The highest BCUT2D eigenvalue weighted by atomic mass is 32.2. The van der Waals surface area contributed by atoms with Crippen LogP contribution >= 0.6 is 11.8 Å². The van der Waals surface area contributed by atoms with Gasteiger partial charge in [0, 0.05) is 12.6 Å². The van der Waals surface area contributed by atoms with Gasteiger partial charge in [0.25, 0.3) is 0 Å². The van der Waals surface area contributed by atoms with Crippen molar-refractivity contribution >= 4 is 34.5 Å². The summed E-state index contributed by atoms with van der Waals surface area (Å²) in [5.74, 6) is 0.772. The second-order valence-corrected chi connectivity index (χ2v) is 8.83. The van der Waals surface area contributed by atoms with Gasteiger partial charge in [-0.3, -0.25) is 4.79 Å². The fourth-order valence-corrected chi connectivity index (χ4v) is 3.93. The second-order valence-electron chi connectivity index (χ2n) is 8.05. The lowest BCUT2D eigenvalue weighted by molar-refractivity contribution is -0.120. The van der Waals surface area contributed by atoms with E-state index in [4.69, 9.17) is 0 Å². The van der Waals surface area contributed by atoms with Crippen molar-refractivity contribution in [3.63, 3.8) is 0 Å². The van der Waals surface area contributed by atoms with Gasteiger partial charge in [0.05, 0.1) is 24.5 Å². The van der Waals surface area contributed by atoms with Gasteiger partial charge in [0.1, 0.15) is 5.82 Å². The highest BCUT2D eigenvalue weighted by Crippen LogP contribution is 2.24. The van der Waals surface area contributed by atoms with E-state index in [-0.39, 0.29) is 11.9 Å². The Hall–Kier alpha value is -3.39. The van der Waals surface area contributed by atoms with Crippen LogP contribution in [0, 0.1) is 0 Å². The van der Waals surface area contributed by atoms with Crippen LogP contribution in [0.3, 0.4) is 0 Å². The molecule has 7 nitrogen and oxygen atoms in total. The smallest absolute Gasteiger partial charge is 0.224 e. The fourth-order valence-electron chi connectivity index (χ4n) is 3.57. The number of thioether (sulfide) groups is 1. The topological polar surface area (TPSA) is 84.7 Å². The van der Waals surface area contributed by atoms with Crippen molar-refractivity contribution in [3.05, 3.63) is 66.4 Å². The van der Waals surface area contributed by atoms with Crippen LogP contribution in [0.2, 0.25) is 0 Å². The molecule has 0 aliphatic rings. The number of carbonyl (C=O) groups is 1. The third kappa shape index (κ3) is 5.70. The van der Waals surface area contributed by atoms with Gasteiger partial charge < -0.3 is 10.6 Å². The van der Waals surface area contributed by atoms with E-state index in [2.05, 4.69) is 63.8 Å². The van der Waals surface area contributed by atoms with Crippen molar-refractivity contribution in [1.29, 1.82) is 0 Å². The first kappa shape index (κ1) is 22.8. The Morgan fingerprint density at radius 1 is 1.03 bits per heavy atom. The van der Waals surface area contributed by atoms with Crippen LogP contribution < -0.4 is 10.6 Å². The number of anilines is 1. The van der Waals surface area contributed by atoms with Gasteiger partial charge in [-0.25, -0.2) is 14.6 Å². The Morgan fingerprint density at radius 3 is 2.45 bits per heavy atom. The molecule has 2 aromatic carbocycles. The third-order valence-corrected chi connectivity index (χ3v) is 5.70. The average Bonchev–Trinajstić information content (AvgIpc) is 3.23. The van der Waals surface area contributed by atoms with Crippen LogP contribution in [0.5, 0.6) is 0 Å². The van der Waals surface area contributed by atoms with Gasteiger partial charge in [-0.2, -0.15) is 5.10 Å². The lowest BCUT2D eigenvalue weighted by Crippen LogP contribution is -2.28. The van der Waals surface area contributed by atoms with Gasteiger partial charge in [-0.15, -0.1) is 0 Å². The summed E-state index contributed by atoms with van der Waals surface area (Å²) in [6.45, 7) is 5.15. The maximum absolute atomic E-state index is 12.5. The molecule has 0 bridgehead atoms. The minimum Gasteiger partial charge on any atom is -0.367 e. The van der Waals surface area contributed by atoms with E-state index in [1.165, 1.54) is 17.3 Å². The van der Waals surface area contributed by atoms with Crippen LogP contribution in [0.25, 0.3) is 22.2 Å². The maximum atomic E-state index is 12.5. The quantitative estimate of drug-likeness (QED) is 0.285. The molecule has 33 heavy (non-hydrogen) atoms. The van der Waals surface area contributed by atoms with Gasteiger partial charge >= 0.3 is 0 Å².